The zero-order valence-corrected chi connectivity index (χ0v) is 9.39. The molecule has 1 aromatic carbocycles. The summed E-state index contributed by atoms with van der Waals surface area (Å²) in [7, 11) is 1.80. The Labute approximate surface area is 98.5 Å². The molecule has 1 heterocycles. The van der Waals surface area contributed by atoms with Crippen molar-refractivity contribution in [2.75, 3.05) is 11.9 Å². The Hall–Kier alpha value is -2.10. The van der Waals surface area contributed by atoms with Crippen molar-refractivity contribution in [2.24, 2.45) is 0 Å². The van der Waals surface area contributed by atoms with Crippen LogP contribution in [-0.2, 0) is 6.54 Å². The molecule has 1 aromatic heterocycles. The van der Waals surface area contributed by atoms with Gasteiger partial charge in [-0.15, -0.1) is 0 Å². The van der Waals surface area contributed by atoms with E-state index in [4.69, 9.17) is 4.42 Å². The van der Waals surface area contributed by atoms with Crippen LogP contribution in [0.25, 0.3) is 0 Å². The molecule has 0 aliphatic carbocycles. The number of carbonyl (C=O) groups is 1. The van der Waals surface area contributed by atoms with E-state index in [9.17, 15) is 9.18 Å². The van der Waals surface area contributed by atoms with Crippen molar-refractivity contribution in [3.63, 3.8) is 0 Å². The zero-order chi connectivity index (χ0) is 12.3. The van der Waals surface area contributed by atoms with Crippen LogP contribution >= 0.6 is 0 Å². The average molecular weight is 233 g/mol. The van der Waals surface area contributed by atoms with E-state index in [2.05, 4.69) is 0 Å². The normalized spacial score (nSPS) is 10.2. The Balaban J connectivity index is 2.27. The van der Waals surface area contributed by atoms with E-state index in [1.165, 1.54) is 6.07 Å². The van der Waals surface area contributed by atoms with Crippen LogP contribution in [0.2, 0.25) is 0 Å². The quantitative estimate of drug-likeness (QED) is 0.761. The molecule has 0 N–H and O–H groups in total. The molecule has 3 nitrogen and oxygen atoms in total. The molecule has 2 aromatic rings. The second-order valence-corrected chi connectivity index (χ2v) is 3.78. The van der Waals surface area contributed by atoms with Gasteiger partial charge in [0.2, 0.25) is 0 Å². The van der Waals surface area contributed by atoms with Crippen LogP contribution in [0.15, 0.2) is 41.2 Å². The Kier molecular flexibility index (Phi) is 3.23. The molecule has 4 heteroatoms. The third kappa shape index (κ3) is 2.36. The van der Waals surface area contributed by atoms with Gasteiger partial charge in [-0.3, -0.25) is 4.79 Å². The van der Waals surface area contributed by atoms with Crippen molar-refractivity contribution in [3.8, 4) is 0 Å². The van der Waals surface area contributed by atoms with Gasteiger partial charge in [0.05, 0.1) is 23.8 Å². The first-order chi connectivity index (χ1) is 8.22. The minimum absolute atomic E-state index is 0.0819. The van der Waals surface area contributed by atoms with Gasteiger partial charge in [-0.25, -0.2) is 4.39 Å². The van der Waals surface area contributed by atoms with Gasteiger partial charge in [0, 0.05) is 19.2 Å². The molecule has 0 saturated carbocycles. The maximum atomic E-state index is 13.4. The van der Waals surface area contributed by atoms with Crippen LogP contribution in [-0.4, -0.2) is 13.3 Å². The SMILES string of the molecule is CN(Cc1ccoc1)c1cccc(F)c1C=O. The molecule has 0 fully saturated rings. The van der Waals surface area contributed by atoms with Gasteiger partial charge in [0.15, 0.2) is 6.29 Å². The lowest BCUT2D eigenvalue weighted by atomic mass is 10.1. The van der Waals surface area contributed by atoms with Gasteiger partial charge >= 0.3 is 0 Å². The lowest BCUT2D eigenvalue weighted by molar-refractivity contribution is 0.112. The van der Waals surface area contributed by atoms with Crippen LogP contribution < -0.4 is 4.90 Å². The van der Waals surface area contributed by atoms with E-state index in [1.54, 1.807) is 36.6 Å². The van der Waals surface area contributed by atoms with Gasteiger partial charge in [0.1, 0.15) is 5.82 Å². The van der Waals surface area contributed by atoms with E-state index < -0.39 is 5.82 Å². The van der Waals surface area contributed by atoms with E-state index in [0.717, 1.165) is 5.56 Å². The third-order valence-electron chi connectivity index (χ3n) is 2.56. The molecule has 0 bridgehead atoms. The molecule has 0 radical (unpaired) electrons. The minimum Gasteiger partial charge on any atom is -0.472 e. The predicted octanol–water partition coefficient (Wildman–Crippen LogP) is 2.87. The molecule has 0 atom stereocenters. The largest absolute Gasteiger partial charge is 0.472 e. The molecule has 0 aliphatic heterocycles. The summed E-state index contributed by atoms with van der Waals surface area (Å²) in [5.41, 5.74) is 1.62. The number of benzene rings is 1. The summed E-state index contributed by atoms with van der Waals surface area (Å²) < 4.78 is 18.4. The highest BCUT2D eigenvalue weighted by molar-refractivity contribution is 5.84. The Morgan fingerprint density at radius 2 is 2.24 bits per heavy atom. The molecule has 17 heavy (non-hydrogen) atoms. The van der Waals surface area contributed by atoms with Crippen LogP contribution in [0.1, 0.15) is 15.9 Å². The number of anilines is 1. The van der Waals surface area contributed by atoms with Crippen molar-refractivity contribution in [1.29, 1.82) is 0 Å². The molecule has 0 unspecified atom stereocenters. The monoisotopic (exact) mass is 233 g/mol. The summed E-state index contributed by atoms with van der Waals surface area (Å²) in [4.78, 5) is 12.7. The van der Waals surface area contributed by atoms with Gasteiger partial charge in [-0.2, -0.15) is 0 Å². The van der Waals surface area contributed by atoms with Crippen molar-refractivity contribution in [1.82, 2.24) is 0 Å². The van der Waals surface area contributed by atoms with Gasteiger partial charge in [-0.05, 0) is 18.2 Å². The predicted molar refractivity (Wildman–Crippen MR) is 62.6 cm³/mol. The molecule has 0 aliphatic rings. The van der Waals surface area contributed by atoms with Crippen LogP contribution in [0.5, 0.6) is 0 Å². The highest BCUT2D eigenvalue weighted by atomic mass is 19.1. The molecule has 88 valence electrons. The van der Waals surface area contributed by atoms with E-state index in [1.807, 2.05) is 6.07 Å². The number of aldehydes is 1. The summed E-state index contributed by atoms with van der Waals surface area (Å²) in [5.74, 6) is -0.503. The molecule has 0 saturated heterocycles. The lowest BCUT2D eigenvalue weighted by Crippen LogP contribution is -2.18. The first-order valence-corrected chi connectivity index (χ1v) is 5.18. The molecule has 0 amide bonds. The summed E-state index contributed by atoms with van der Waals surface area (Å²) in [6, 6.07) is 6.41. The molecule has 2 rings (SSSR count). The Morgan fingerprint density at radius 3 is 2.88 bits per heavy atom. The van der Waals surface area contributed by atoms with Gasteiger partial charge < -0.3 is 9.32 Å². The van der Waals surface area contributed by atoms with E-state index in [0.29, 0.717) is 18.5 Å². The summed E-state index contributed by atoms with van der Waals surface area (Å²) in [6.07, 6.45) is 3.74. The maximum Gasteiger partial charge on any atom is 0.155 e. The van der Waals surface area contributed by atoms with Crippen LogP contribution in [0.4, 0.5) is 10.1 Å². The lowest BCUT2D eigenvalue weighted by Gasteiger charge is -2.20. The topological polar surface area (TPSA) is 33.5 Å². The average Bonchev–Trinajstić information content (AvgIpc) is 2.81. The van der Waals surface area contributed by atoms with Crippen LogP contribution in [0.3, 0.4) is 0 Å². The molecular formula is C13H12FNO2. The van der Waals surface area contributed by atoms with Gasteiger partial charge in [0.25, 0.3) is 0 Å². The fourth-order valence-electron chi connectivity index (χ4n) is 1.72. The Morgan fingerprint density at radius 1 is 1.41 bits per heavy atom. The number of nitrogens with zero attached hydrogens (tertiary/aromatic N) is 1. The second kappa shape index (κ2) is 4.82. The highest BCUT2D eigenvalue weighted by Crippen LogP contribution is 2.22. The molecular weight excluding hydrogens is 221 g/mol. The smallest absolute Gasteiger partial charge is 0.155 e. The Bertz CT molecular complexity index is 508. The summed E-state index contributed by atoms with van der Waals surface area (Å²) >= 11 is 0. The number of carbonyl (C=O) groups excluding carboxylic acids is 1. The summed E-state index contributed by atoms with van der Waals surface area (Å²) in [6.45, 7) is 0.556. The fraction of sp³-hybridized carbons (Fsp3) is 0.154. The number of rotatable bonds is 4. The van der Waals surface area contributed by atoms with Gasteiger partial charge in [-0.1, -0.05) is 6.07 Å². The van der Waals surface area contributed by atoms with Crippen molar-refractivity contribution in [3.05, 3.63) is 53.7 Å². The van der Waals surface area contributed by atoms with Crippen molar-refractivity contribution in [2.45, 2.75) is 6.54 Å². The van der Waals surface area contributed by atoms with E-state index >= 15 is 0 Å². The van der Waals surface area contributed by atoms with Crippen molar-refractivity contribution < 1.29 is 13.6 Å². The second-order valence-electron chi connectivity index (χ2n) is 3.78. The number of halogens is 1. The van der Waals surface area contributed by atoms with Crippen LogP contribution in [0, 0.1) is 5.82 Å². The molecule has 0 spiro atoms. The summed E-state index contributed by atoms with van der Waals surface area (Å²) in [5, 5.41) is 0. The first-order valence-electron chi connectivity index (χ1n) is 5.18. The number of furan rings is 1. The maximum absolute atomic E-state index is 13.4. The fourth-order valence-corrected chi connectivity index (χ4v) is 1.72. The first kappa shape index (κ1) is 11.4. The standard InChI is InChI=1S/C13H12FNO2/c1-15(7-10-5-6-17-9-10)13-4-2-3-12(14)11(13)8-16/h2-6,8-9H,7H2,1H3. The van der Waals surface area contributed by atoms with Crippen molar-refractivity contribution >= 4 is 12.0 Å². The van der Waals surface area contributed by atoms with E-state index in [-0.39, 0.29) is 5.56 Å². The third-order valence-corrected chi connectivity index (χ3v) is 2.56. The zero-order valence-electron chi connectivity index (χ0n) is 9.39. The number of hydrogen-bond acceptors (Lipinski definition) is 3. The minimum atomic E-state index is -0.503. The number of hydrogen-bond donors (Lipinski definition) is 0. The highest BCUT2D eigenvalue weighted by Gasteiger charge is 2.11.